The predicted octanol–water partition coefficient (Wildman–Crippen LogP) is 5.59. The quantitative estimate of drug-likeness (QED) is 0.667. The van der Waals surface area contributed by atoms with Gasteiger partial charge in [0.15, 0.2) is 0 Å². The monoisotopic (exact) mass is 290 g/mol. The maximum atomic E-state index is 5.27. The highest BCUT2D eigenvalue weighted by Crippen LogP contribution is 2.64. The van der Waals surface area contributed by atoms with Crippen molar-refractivity contribution in [1.29, 1.82) is 0 Å². The molecule has 112 valence electrons. The topological polar surface area (TPSA) is 9.23 Å². The summed E-state index contributed by atoms with van der Waals surface area (Å²) < 4.78 is 5.27. The van der Waals surface area contributed by atoms with E-state index in [-0.39, 0.29) is 5.41 Å². The Morgan fingerprint density at radius 2 is 1.41 bits per heavy atom. The molecule has 2 aromatic carbocycles. The van der Waals surface area contributed by atoms with Gasteiger partial charge in [-0.05, 0) is 55.2 Å². The number of ether oxygens (including phenoxy) is 1. The van der Waals surface area contributed by atoms with Gasteiger partial charge in [-0.2, -0.15) is 0 Å². The van der Waals surface area contributed by atoms with Crippen LogP contribution in [0, 0.1) is 5.41 Å². The summed E-state index contributed by atoms with van der Waals surface area (Å²) in [7, 11) is 1.70. The van der Waals surface area contributed by atoms with Crippen LogP contribution in [-0.4, -0.2) is 7.11 Å². The van der Waals surface area contributed by atoms with Gasteiger partial charge in [-0.25, -0.2) is 0 Å². The van der Waals surface area contributed by atoms with Crippen molar-refractivity contribution >= 4 is 11.1 Å². The van der Waals surface area contributed by atoms with Crippen molar-refractivity contribution in [3.63, 3.8) is 0 Å². The van der Waals surface area contributed by atoms with Crippen molar-refractivity contribution < 1.29 is 4.74 Å². The minimum Gasteiger partial charge on any atom is -0.497 e. The fourth-order valence-electron chi connectivity index (χ4n) is 3.36. The molecule has 0 fully saturated rings. The zero-order chi connectivity index (χ0) is 15.7. The van der Waals surface area contributed by atoms with E-state index in [9.17, 15) is 0 Å². The molecule has 0 spiro atoms. The van der Waals surface area contributed by atoms with E-state index in [4.69, 9.17) is 4.74 Å². The first-order valence-corrected chi connectivity index (χ1v) is 7.67. The summed E-state index contributed by atoms with van der Waals surface area (Å²) >= 11 is 0. The molecule has 0 heterocycles. The van der Waals surface area contributed by atoms with Crippen molar-refractivity contribution in [1.82, 2.24) is 0 Å². The summed E-state index contributed by atoms with van der Waals surface area (Å²) in [6.07, 6.45) is 2.37. The molecule has 2 aromatic rings. The van der Waals surface area contributed by atoms with E-state index in [1.807, 2.05) is 12.1 Å². The average Bonchev–Trinajstić information content (AvgIpc) is 3.12. The number of rotatable bonds is 4. The lowest BCUT2D eigenvalue weighted by atomic mass is 9.93. The number of benzene rings is 2. The van der Waals surface area contributed by atoms with Crippen LogP contribution in [-0.2, 0) is 0 Å². The zero-order valence-electron chi connectivity index (χ0n) is 13.7. The molecule has 0 radical (unpaired) electrons. The van der Waals surface area contributed by atoms with E-state index in [0.29, 0.717) is 0 Å². The molecular weight excluding hydrogens is 268 g/mol. The Bertz CT molecular complexity index is 731. The molecule has 1 aliphatic carbocycles. The molecule has 0 saturated carbocycles. The van der Waals surface area contributed by atoms with Gasteiger partial charge in [-0.1, -0.05) is 54.1 Å². The molecule has 0 amide bonds. The maximum absolute atomic E-state index is 5.27. The molecule has 1 heteroatoms. The molecule has 0 aliphatic heterocycles. The van der Waals surface area contributed by atoms with Crippen molar-refractivity contribution in [3.8, 4) is 5.75 Å². The first-order chi connectivity index (χ1) is 10.6. The Balaban J connectivity index is 2.07. The van der Waals surface area contributed by atoms with E-state index in [1.165, 1.54) is 27.8 Å². The lowest BCUT2D eigenvalue weighted by Crippen LogP contribution is -1.97. The maximum Gasteiger partial charge on any atom is 0.118 e. The highest BCUT2D eigenvalue weighted by Gasteiger charge is 2.48. The summed E-state index contributed by atoms with van der Waals surface area (Å²) in [6.45, 7) is 6.64. The zero-order valence-corrected chi connectivity index (χ0v) is 13.7. The SMILES string of the molecule is COc1ccc(C2=C(c3ccccc3)C2(C)C=C(C)C)cc1. The molecule has 0 bridgehead atoms. The van der Waals surface area contributed by atoms with Crippen LogP contribution < -0.4 is 4.74 Å². The Morgan fingerprint density at radius 1 is 0.864 bits per heavy atom. The standard InChI is InChI=1S/C21H22O/c1-15(2)14-21(3)19(16-8-6-5-7-9-16)20(21)17-10-12-18(22-4)13-11-17/h5-14H,1-4H3. The van der Waals surface area contributed by atoms with E-state index < -0.39 is 0 Å². The van der Waals surface area contributed by atoms with Gasteiger partial charge in [-0.15, -0.1) is 0 Å². The van der Waals surface area contributed by atoms with E-state index in [1.54, 1.807) is 7.11 Å². The fraction of sp³-hybridized carbons (Fsp3) is 0.238. The van der Waals surface area contributed by atoms with Gasteiger partial charge in [0, 0.05) is 5.41 Å². The van der Waals surface area contributed by atoms with Crippen LogP contribution in [0.2, 0.25) is 0 Å². The van der Waals surface area contributed by atoms with Crippen LogP contribution in [0.15, 0.2) is 66.2 Å². The smallest absolute Gasteiger partial charge is 0.118 e. The van der Waals surface area contributed by atoms with Gasteiger partial charge in [0.05, 0.1) is 7.11 Å². The van der Waals surface area contributed by atoms with Crippen molar-refractivity contribution in [2.45, 2.75) is 20.8 Å². The number of allylic oxidation sites excluding steroid dienone is 4. The summed E-state index contributed by atoms with van der Waals surface area (Å²) in [5, 5.41) is 0. The van der Waals surface area contributed by atoms with Gasteiger partial charge in [-0.3, -0.25) is 0 Å². The number of hydrogen-bond acceptors (Lipinski definition) is 1. The second kappa shape index (κ2) is 5.49. The third-order valence-corrected chi connectivity index (χ3v) is 4.24. The molecule has 0 aromatic heterocycles. The number of methoxy groups -OCH3 is 1. The van der Waals surface area contributed by atoms with Gasteiger partial charge >= 0.3 is 0 Å². The number of hydrogen-bond donors (Lipinski definition) is 0. The van der Waals surface area contributed by atoms with E-state index in [0.717, 1.165) is 5.75 Å². The van der Waals surface area contributed by atoms with E-state index >= 15 is 0 Å². The van der Waals surface area contributed by atoms with Gasteiger partial charge in [0.1, 0.15) is 5.75 Å². The Morgan fingerprint density at radius 3 is 1.91 bits per heavy atom. The van der Waals surface area contributed by atoms with Crippen molar-refractivity contribution in [2.75, 3.05) is 7.11 Å². The minimum atomic E-state index is 0.0365. The molecule has 1 aliphatic rings. The molecule has 1 nitrogen and oxygen atoms in total. The van der Waals surface area contributed by atoms with Gasteiger partial charge in [0.2, 0.25) is 0 Å². The second-order valence-electron chi connectivity index (χ2n) is 6.27. The molecule has 1 unspecified atom stereocenters. The van der Waals surface area contributed by atoms with Crippen LogP contribution in [0.1, 0.15) is 31.9 Å². The minimum absolute atomic E-state index is 0.0365. The summed E-state index contributed by atoms with van der Waals surface area (Å²) in [4.78, 5) is 0. The molecule has 0 N–H and O–H groups in total. The largest absolute Gasteiger partial charge is 0.497 e. The average molecular weight is 290 g/mol. The molecule has 0 saturated heterocycles. The van der Waals surface area contributed by atoms with Crippen LogP contribution in [0.5, 0.6) is 5.75 Å². The van der Waals surface area contributed by atoms with Crippen LogP contribution in [0.25, 0.3) is 11.1 Å². The Kier molecular flexibility index (Phi) is 3.66. The first-order valence-electron chi connectivity index (χ1n) is 7.67. The van der Waals surface area contributed by atoms with Gasteiger partial charge in [0.25, 0.3) is 0 Å². The van der Waals surface area contributed by atoms with Crippen LogP contribution in [0.4, 0.5) is 0 Å². The fourth-order valence-corrected chi connectivity index (χ4v) is 3.36. The van der Waals surface area contributed by atoms with E-state index in [2.05, 4.69) is 69.3 Å². The summed E-state index contributed by atoms with van der Waals surface area (Å²) in [5.41, 5.74) is 6.82. The highest BCUT2D eigenvalue weighted by molar-refractivity contribution is 6.15. The molecule has 1 atom stereocenters. The molecule has 22 heavy (non-hydrogen) atoms. The molecular formula is C21H22O. The predicted molar refractivity (Wildman–Crippen MR) is 93.8 cm³/mol. The summed E-state index contributed by atoms with van der Waals surface area (Å²) in [5.74, 6) is 0.898. The summed E-state index contributed by atoms with van der Waals surface area (Å²) in [6, 6.07) is 19.1. The van der Waals surface area contributed by atoms with Crippen molar-refractivity contribution in [2.24, 2.45) is 5.41 Å². The third-order valence-electron chi connectivity index (χ3n) is 4.24. The third kappa shape index (κ3) is 2.48. The van der Waals surface area contributed by atoms with Crippen molar-refractivity contribution in [3.05, 3.63) is 77.4 Å². The second-order valence-corrected chi connectivity index (χ2v) is 6.27. The normalized spacial score (nSPS) is 19.8. The van der Waals surface area contributed by atoms with Crippen LogP contribution >= 0.6 is 0 Å². The highest BCUT2D eigenvalue weighted by atomic mass is 16.5. The lowest BCUT2D eigenvalue weighted by Gasteiger charge is -2.11. The van der Waals surface area contributed by atoms with Crippen LogP contribution in [0.3, 0.4) is 0 Å². The Labute approximate surface area is 133 Å². The van der Waals surface area contributed by atoms with Gasteiger partial charge < -0.3 is 4.74 Å². The molecule has 3 rings (SSSR count). The first kappa shape index (κ1) is 14.6. The lowest BCUT2D eigenvalue weighted by molar-refractivity contribution is 0.415. The Hall–Kier alpha value is -2.28.